The Hall–Kier alpha value is -3.13. The van der Waals surface area contributed by atoms with E-state index in [9.17, 15) is 9.59 Å². The molecule has 0 aliphatic heterocycles. The molecule has 0 fully saturated rings. The van der Waals surface area contributed by atoms with Crippen molar-refractivity contribution < 1.29 is 9.59 Å². The number of hydrazine groups is 1. The third kappa shape index (κ3) is 4.24. The maximum Gasteiger partial charge on any atom is 0.273 e. The lowest BCUT2D eigenvalue weighted by molar-refractivity contribution is 0.00424. The van der Waals surface area contributed by atoms with E-state index in [-0.39, 0.29) is 24.9 Å². The smallest absolute Gasteiger partial charge is 0.267 e. The Balaban J connectivity index is 2.33. The van der Waals surface area contributed by atoms with Gasteiger partial charge in [0.2, 0.25) is 0 Å². The van der Waals surface area contributed by atoms with Crippen LogP contribution in [-0.4, -0.2) is 34.9 Å². The summed E-state index contributed by atoms with van der Waals surface area (Å²) in [6.45, 7) is 5.73. The van der Waals surface area contributed by atoms with Crippen LogP contribution in [0.1, 0.15) is 38.8 Å². The van der Waals surface area contributed by atoms with Crippen LogP contribution in [0.15, 0.2) is 48.5 Å². The minimum atomic E-state index is -0.371. The summed E-state index contributed by atoms with van der Waals surface area (Å²) in [5.41, 5.74) is 3.00. The standard InChI is InChI=1S/C20H21N3O2/c1-4-22(19(24)17-9-5-15(2)6-10-17)23(14-13-21)20(25)18-11-7-16(3)8-12-18/h5-12H,4,14H2,1-3H3. The molecule has 5 nitrogen and oxygen atoms in total. The molecule has 0 bridgehead atoms. The molecule has 0 atom stereocenters. The first-order valence-corrected chi connectivity index (χ1v) is 8.11. The number of hydrogen-bond acceptors (Lipinski definition) is 3. The van der Waals surface area contributed by atoms with Crippen molar-refractivity contribution in [3.8, 4) is 6.07 Å². The van der Waals surface area contributed by atoms with Crippen LogP contribution < -0.4 is 0 Å². The van der Waals surface area contributed by atoms with Crippen molar-refractivity contribution in [1.29, 1.82) is 5.26 Å². The summed E-state index contributed by atoms with van der Waals surface area (Å²) < 4.78 is 0. The quantitative estimate of drug-likeness (QED) is 0.636. The summed E-state index contributed by atoms with van der Waals surface area (Å²) in [7, 11) is 0. The van der Waals surface area contributed by atoms with Gasteiger partial charge in [-0.25, -0.2) is 10.0 Å². The zero-order valence-electron chi connectivity index (χ0n) is 14.7. The van der Waals surface area contributed by atoms with Gasteiger partial charge in [-0.05, 0) is 45.0 Å². The Bertz CT molecular complexity index is 789. The summed E-state index contributed by atoms with van der Waals surface area (Å²) >= 11 is 0. The monoisotopic (exact) mass is 335 g/mol. The highest BCUT2D eigenvalue weighted by Crippen LogP contribution is 2.14. The number of rotatable bonds is 4. The predicted octanol–water partition coefficient (Wildman–Crippen LogP) is 3.35. The third-order valence-corrected chi connectivity index (χ3v) is 3.88. The van der Waals surface area contributed by atoms with Gasteiger partial charge in [-0.2, -0.15) is 5.26 Å². The second-order valence-electron chi connectivity index (χ2n) is 5.77. The molecule has 25 heavy (non-hydrogen) atoms. The molecule has 0 aromatic heterocycles. The van der Waals surface area contributed by atoms with Gasteiger partial charge in [0.25, 0.3) is 11.8 Å². The van der Waals surface area contributed by atoms with E-state index in [0.29, 0.717) is 11.1 Å². The third-order valence-electron chi connectivity index (χ3n) is 3.88. The van der Waals surface area contributed by atoms with Gasteiger partial charge < -0.3 is 0 Å². The molecule has 2 aromatic carbocycles. The first kappa shape index (κ1) is 18.2. The molecule has 0 saturated heterocycles. The van der Waals surface area contributed by atoms with Gasteiger partial charge in [-0.1, -0.05) is 35.4 Å². The van der Waals surface area contributed by atoms with Crippen LogP contribution in [0.4, 0.5) is 0 Å². The highest BCUT2D eigenvalue weighted by molar-refractivity contribution is 5.99. The summed E-state index contributed by atoms with van der Waals surface area (Å²) in [5, 5.41) is 11.6. The van der Waals surface area contributed by atoms with E-state index in [1.807, 2.05) is 44.2 Å². The predicted molar refractivity (Wildman–Crippen MR) is 95.7 cm³/mol. The summed E-state index contributed by atoms with van der Waals surface area (Å²) in [5.74, 6) is -0.679. The van der Waals surface area contributed by atoms with Crippen LogP contribution in [-0.2, 0) is 0 Å². The molecule has 0 N–H and O–H groups in total. The first-order valence-electron chi connectivity index (χ1n) is 8.11. The molecular weight excluding hydrogens is 314 g/mol. The van der Waals surface area contributed by atoms with Crippen LogP contribution in [0.2, 0.25) is 0 Å². The molecule has 2 rings (SSSR count). The van der Waals surface area contributed by atoms with Crippen LogP contribution in [0, 0.1) is 25.2 Å². The highest BCUT2D eigenvalue weighted by atomic mass is 16.2. The molecule has 0 saturated carbocycles. The minimum absolute atomic E-state index is 0.196. The Morgan fingerprint density at radius 1 is 0.840 bits per heavy atom. The van der Waals surface area contributed by atoms with Crippen molar-refractivity contribution in [2.24, 2.45) is 0 Å². The van der Waals surface area contributed by atoms with Crippen molar-refractivity contribution in [1.82, 2.24) is 10.0 Å². The second kappa shape index (κ2) is 8.11. The van der Waals surface area contributed by atoms with Gasteiger partial charge in [-0.15, -0.1) is 0 Å². The fourth-order valence-electron chi connectivity index (χ4n) is 2.45. The van der Waals surface area contributed by atoms with Gasteiger partial charge in [0.05, 0.1) is 6.07 Å². The van der Waals surface area contributed by atoms with Crippen molar-refractivity contribution in [2.75, 3.05) is 13.1 Å². The van der Waals surface area contributed by atoms with E-state index in [0.717, 1.165) is 11.1 Å². The van der Waals surface area contributed by atoms with Crippen molar-refractivity contribution in [3.63, 3.8) is 0 Å². The molecule has 2 amide bonds. The summed E-state index contributed by atoms with van der Waals surface area (Å²) in [4.78, 5) is 25.6. The molecule has 0 spiro atoms. The average molecular weight is 335 g/mol. The molecule has 2 aromatic rings. The molecule has 0 aliphatic rings. The van der Waals surface area contributed by atoms with Gasteiger partial charge in [0, 0.05) is 17.7 Å². The van der Waals surface area contributed by atoms with Gasteiger partial charge in [0.15, 0.2) is 0 Å². The number of hydrogen-bond donors (Lipinski definition) is 0. The van der Waals surface area contributed by atoms with Crippen LogP contribution in [0.25, 0.3) is 0 Å². The summed E-state index contributed by atoms with van der Waals surface area (Å²) in [6, 6.07) is 16.2. The Morgan fingerprint density at radius 2 is 1.24 bits per heavy atom. The summed E-state index contributed by atoms with van der Waals surface area (Å²) in [6.07, 6.45) is 0. The SMILES string of the molecule is CCN(C(=O)c1ccc(C)cc1)N(CC#N)C(=O)c1ccc(C)cc1. The average Bonchev–Trinajstić information content (AvgIpc) is 2.62. The fourth-order valence-corrected chi connectivity index (χ4v) is 2.45. The zero-order valence-corrected chi connectivity index (χ0v) is 14.7. The Labute approximate surface area is 148 Å². The number of carbonyl (C=O) groups excluding carboxylic acids is 2. The van der Waals surface area contributed by atoms with Crippen LogP contribution in [0.3, 0.4) is 0 Å². The largest absolute Gasteiger partial charge is 0.273 e. The molecule has 0 radical (unpaired) electrons. The first-order chi connectivity index (χ1) is 12.0. The lowest BCUT2D eigenvalue weighted by Crippen LogP contribution is -2.49. The van der Waals surface area contributed by atoms with E-state index in [2.05, 4.69) is 0 Å². The van der Waals surface area contributed by atoms with E-state index in [1.165, 1.54) is 10.0 Å². The lowest BCUT2D eigenvalue weighted by Gasteiger charge is -2.32. The van der Waals surface area contributed by atoms with Crippen LogP contribution in [0.5, 0.6) is 0 Å². The topological polar surface area (TPSA) is 64.4 Å². The molecule has 128 valence electrons. The Kier molecular flexibility index (Phi) is 5.91. The number of nitrogens with zero attached hydrogens (tertiary/aromatic N) is 3. The number of carbonyl (C=O) groups is 2. The molecular formula is C20H21N3O2. The van der Waals surface area contributed by atoms with Gasteiger partial charge in [0.1, 0.15) is 6.54 Å². The van der Waals surface area contributed by atoms with Crippen molar-refractivity contribution in [3.05, 3.63) is 70.8 Å². The van der Waals surface area contributed by atoms with Crippen LogP contribution >= 0.6 is 0 Å². The maximum absolute atomic E-state index is 12.8. The normalized spacial score (nSPS) is 10.0. The lowest BCUT2D eigenvalue weighted by atomic mass is 10.1. The van der Waals surface area contributed by atoms with E-state index < -0.39 is 0 Å². The van der Waals surface area contributed by atoms with Crippen molar-refractivity contribution >= 4 is 11.8 Å². The molecule has 0 unspecified atom stereocenters. The molecule has 0 heterocycles. The minimum Gasteiger partial charge on any atom is -0.267 e. The number of aryl methyl sites for hydroxylation is 2. The number of amides is 2. The van der Waals surface area contributed by atoms with E-state index >= 15 is 0 Å². The number of nitriles is 1. The van der Waals surface area contributed by atoms with Gasteiger partial charge >= 0.3 is 0 Å². The molecule has 0 aliphatic carbocycles. The maximum atomic E-state index is 12.8. The highest BCUT2D eigenvalue weighted by Gasteiger charge is 2.26. The van der Waals surface area contributed by atoms with E-state index in [1.54, 1.807) is 31.2 Å². The Morgan fingerprint density at radius 3 is 1.60 bits per heavy atom. The fraction of sp³-hybridized carbons (Fsp3) is 0.250. The second-order valence-corrected chi connectivity index (χ2v) is 5.77. The van der Waals surface area contributed by atoms with Gasteiger partial charge in [-0.3, -0.25) is 9.59 Å². The van der Waals surface area contributed by atoms with E-state index in [4.69, 9.17) is 5.26 Å². The molecule has 5 heteroatoms. The zero-order chi connectivity index (χ0) is 18.4. The van der Waals surface area contributed by atoms with Crippen molar-refractivity contribution in [2.45, 2.75) is 20.8 Å². The number of benzene rings is 2.